The summed E-state index contributed by atoms with van der Waals surface area (Å²) < 4.78 is 164. The number of alkyl halides is 12. The minimum Gasteiger partial charge on any atom is -0.459 e. The summed E-state index contributed by atoms with van der Waals surface area (Å²) in [6.45, 7) is 2.65. The molecule has 0 radical (unpaired) electrons. The molecule has 0 fully saturated rings. The fraction of sp³-hybridized carbons (Fsp3) is 0.787. The molecule has 3 amide bonds. The molecule has 8 nitrogen and oxygen atoms in total. The van der Waals surface area contributed by atoms with Crippen LogP contribution in [0, 0.1) is 0 Å². The number of benzene rings is 1. The minimum atomic E-state index is -7.68. The van der Waals surface area contributed by atoms with Crippen LogP contribution in [0.3, 0.4) is 0 Å². The lowest BCUT2D eigenvalue weighted by atomic mass is 9.94. The smallest absolute Gasteiger partial charge is 0.384 e. The van der Waals surface area contributed by atoms with Crippen LogP contribution in [0.25, 0.3) is 0 Å². The Morgan fingerprint density at radius 1 is 0.448 bits per heavy atom. The van der Waals surface area contributed by atoms with Gasteiger partial charge >= 0.3 is 42.0 Å². The number of nitrogens with one attached hydrogen (secondary N) is 3. The van der Waals surface area contributed by atoms with E-state index in [2.05, 4.69) is 34.5 Å². The number of hydrogen-bond donors (Lipinski definition) is 3. The molecule has 0 aromatic heterocycles. The predicted octanol–water partition coefficient (Wildman–Crippen LogP) is 13.7. The van der Waals surface area contributed by atoms with Crippen molar-refractivity contribution in [2.45, 2.75) is 210 Å². The first-order valence-electron chi connectivity index (χ1n) is 23.8. The molecule has 67 heavy (non-hydrogen) atoms. The van der Waals surface area contributed by atoms with E-state index < -0.39 is 60.9 Å². The summed E-state index contributed by atoms with van der Waals surface area (Å²) in [6, 6.07) is 4.40. The van der Waals surface area contributed by atoms with E-state index in [-0.39, 0.29) is 34.9 Å². The van der Waals surface area contributed by atoms with Crippen molar-refractivity contribution >= 4 is 23.7 Å². The molecule has 3 N–H and O–H groups in total. The topological polar surface area (TPSA) is 114 Å². The van der Waals surface area contributed by atoms with E-state index in [1.807, 2.05) is 0 Å². The third-order valence-electron chi connectivity index (χ3n) is 11.3. The van der Waals surface area contributed by atoms with Gasteiger partial charge in [0.1, 0.15) is 0 Å². The normalized spacial score (nSPS) is 12.6. The fourth-order valence-electron chi connectivity index (χ4n) is 7.01. The van der Waals surface area contributed by atoms with Crippen molar-refractivity contribution in [1.82, 2.24) is 16.0 Å². The van der Waals surface area contributed by atoms with E-state index in [0.717, 1.165) is 57.8 Å². The highest BCUT2D eigenvalue weighted by molar-refractivity contribution is 6.04. The van der Waals surface area contributed by atoms with Crippen molar-refractivity contribution in [2.75, 3.05) is 26.2 Å². The fourth-order valence-corrected chi connectivity index (χ4v) is 7.01. The average Bonchev–Trinajstić information content (AvgIpc) is 3.28. The van der Waals surface area contributed by atoms with Gasteiger partial charge in [0.05, 0.1) is 0 Å². The van der Waals surface area contributed by atoms with Gasteiger partial charge in [-0.05, 0) is 43.9 Å². The Kier molecular flexibility index (Phi) is 28.7. The van der Waals surface area contributed by atoms with Crippen LogP contribution in [-0.4, -0.2) is 86.0 Å². The first-order valence-corrected chi connectivity index (χ1v) is 23.8. The van der Waals surface area contributed by atoms with E-state index in [1.54, 1.807) is 0 Å². The largest absolute Gasteiger partial charge is 0.459 e. The summed E-state index contributed by atoms with van der Waals surface area (Å²) >= 11 is 0. The number of carbonyl (C=O) groups excluding carboxylic acids is 4. The lowest BCUT2D eigenvalue weighted by Crippen LogP contribution is -2.69. The van der Waals surface area contributed by atoms with E-state index in [4.69, 9.17) is 0 Å². The van der Waals surface area contributed by atoms with Crippen LogP contribution in [0.2, 0.25) is 0 Å². The van der Waals surface area contributed by atoms with E-state index in [9.17, 15) is 71.9 Å². The van der Waals surface area contributed by atoms with Gasteiger partial charge in [0.2, 0.25) is 0 Å². The second kappa shape index (κ2) is 31.4. The number of esters is 1. The number of unbranched alkanes of at least 4 members (excludes halogenated alkanes) is 21. The molecule has 0 heterocycles. The van der Waals surface area contributed by atoms with Gasteiger partial charge in [-0.15, -0.1) is 0 Å². The second-order valence-corrected chi connectivity index (χ2v) is 17.1. The highest BCUT2D eigenvalue weighted by atomic mass is 19.4. The third kappa shape index (κ3) is 20.8. The summed E-state index contributed by atoms with van der Waals surface area (Å²) in [5.41, 5.74) is 0.556. The quantitative estimate of drug-likeness (QED) is 0.0345. The number of halogens is 12. The average molecular weight is 986 g/mol. The number of amides is 3. The molecule has 0 unspecified atom stereocenters. The lowest BCUT2D eigenvalue weighted by Gasteiger charge is -2.38. The highest BCUT2D eigenvalue weighted by Gasteiger charge is 2.88. The van der Waals surface area contributed by atoms with Gasteiger partial charge in [-0.25, -0.2) is 8.78 Å². The van der Waals surface area contributed by atoms with Crippen molar-refractivity contribution in [3.8, 4) is 0 Å². The Balaban J connectivity index is 2.56. The molecule has 0 saturated carbocycles. The summed E-state index contributed by atoms with van der Waals surface area (Å²) in [5, 5.41) is 8.62. The molecule has 1 aromatic carbocycles. The molecule has 0 aliphatic carbocycles. The van der Waals surface area contributed by atoms with Crippen LogP contribution in [0.15, 0.2) is 18.2 Å². The van der Waals surface area contributed by atoms with Crippen molar-refractivity contribution in [3.05, 3.63) is 34.9 Å². The van der Waals surface area contributed by atoms with Crippen molar-refractivity contribution < 1.29 is 76.6 Å². The van der Waals surface area contributed by atoms with Crippen LogP contribution in [0.4, 0.5) is 52.7 Å². The Hall–Kier alpha value is -3.74. The van der Waals surface area contributed by atoms with Crippen LogP contribution in [-0.2, 0) is 9.53 Å². The van der Waals surface area contributed by atoms with Crippen molar-refractivity contribution in [1.29, 1.82) is 0 Å². The summed E-state index contributed by atoms with van der Waals surface area (Å²) in [5.74, 6) is -38.9. The Morgan fingerprint density at radius 3 is 1.06 bits per heavy atom. The Bertz CT molecular complexity index is 1550. The Morgan fingerprint density at radius 2 is 0.746 bits per heavy atom. The molecule has 1 rings (SSSR count). The first-order chi connectivity index (χ1) is 31.5. The summed E-state index contributed by atoms with van der Waals surface area (Å²) in [7, 11) is 0. The summed E-state index contributed by atoms with van der Waals surface area (Å²) in [6.07, 6.45) is 15.6. The van der Waals surface area contributed by atoms with Crippen LogP contribution in [0.1, 0.15) is 205 Å². The van der Waals surface area contributed by atoms with E-state index in [1.165, 1.54) is 69.6 Å². The molecule has 20 heteroatoms. The molecule has 0 aliphatic heterocycles. The maximum atomic E-state index is 13.9. The number of hydrogen-bond acceptors (Lipinski definition) is 5. The van der Waals surface area contributed by atoms with E-state index >= 15 is 0 Å². The van der Waals surface area contributed by atoms with Crippen LogP contribution in [0.5, 0.6) is 0 Å². The zero-order chi connectivity index (χ0) is 50.6. The lowest BCUT2D eigenvalue weighted by molar-refractivity contribution is -0.414. The molecule has 388 valence electrons. The van der Waals surface area contributed by atoms with Crippen molar-refractivity contribution in [2.24, 2.45) is 0 Å². The summed E-state index contributed by atoms with van der Waals surface area (Å²) in [4.78, 5) is 51.3. The van der Waals surface area contributed by atoms with Gasteiger partial charge in [-0.1, -0.05) is 142 Å². The molecule has 0 bridgehead atoms. The molecule has 0 atom stereocenters. The maximum Gasteiger partial charge on any atom is 0.384 e. The second-order valence-electron chi connectivity index (χ2n) is 17.1. The SMILES string of the molecule is CCCCCCCCCCNC(=O)c1cc(C(=O)NCCCCCCCCCC)cc(C(=O)NCCCCCCCCCCC(=O)OCC(F)(F)C(F)(F)C(F)(F)C(F)(F)C(F)(F)C(F)F)c1. The zero-order valence-electron chi connectivity index (χ0n) is 38.9. The molecular formula is C47H71F12N3O5. The number of ether oxygens (including phenoxy) is 1. The van der Waals surface area contributed by atoms with Crippen LogP contribution >= 0.6 is 0 Å². The molecule has 0 saturated heterocycles. The highest BCUT2D eigenvalue weighted by Crippen LogP contribution is 2.58. The van der Waals surface area contributed by atoms with Gasteiger partial charge in [0.15, 0.2) is 6.61 Å². The molecule has 1 aromatic rings. The molecule has 0 spiro atoms. The number of rotatable bonds is 39. The minimum absolute atomic E-state index is 0.0353. The standard InChI is InChI=1S/C47H71F12N3O5/c1-3-5-7-9-11-16-20-24-28-60-39(64)35-31-36(40(65)61-29-25-21-17-12-10-8-6-4-2)33-37(32-35)41(66)62-30-26-22-18-14-13-15-19-23-27-38(63)67-34-43(50,51)45(54,55)47(58,59)46(56,57)44(52,53)42(48)49/h31-33,42H,3-30,34H2,1-2H3,(H,60,64)(H,61,65)(H,62,66). The van der Waals surface area contributed by atoms with Gasteiger partial charge in [0.25, 0.3) is 17.7 Å². The van der Waals surface area contributed by atoms with Gasteiger partial charge in [-0.2, -0.15) is 43.9 Å². The van der Waals surface area contributed by atoms with Crippen LogP contribution < -0.4 is 16.0 Å². The molecular weight excluding hydrogens is 915 g/mol. The first kappa shape index (κ1) is 61.3. The van der Waals surface area contributed by atoms with Gasteiger partial charge in [0, 0.05) is 42.7 Å². The molecule has 0 aliphatic rings. The zero-order valence-corrected chi connectivity index (χ0v) is 38.9. The third-order valence-corrected chi connectivity index (χ3v) is 11.3. The van der Waals surface area contributed by atoms with Gasteiger partial charge < -0.3 is 20.7 Å². The number of carbonyl (C=O) groups is 4. The predicted molar refractivity (Wildman–Crippen MR) is 232 cm³/mol. The van der Waals surface area contributed by atoms with E-state index in [0.29, 0.717) is 58.2 Å². The maximum absolute atomic E-state index is 13.9. The Labute approximate surface area is 387 Å². The van der Waals surface area contributed by atoms with Gasteiger partial charge in [-0.3, -0.25) is 19.2 Å². The van der Waals surface area contributed by atoms with Crippen molar-refractivity contribution in [3.63, 3.8) is 0 Å². The monoisotopic (exact) mass is 986 g/mol.